The average molecular weight is 520 g/mol. The maximum atomic E-state index is 12.9. The van der Waals surface area contributed by atoms with Gasteiger partial charge in [-0.3, -0.25) is 14.5 Å². The van der Waals surface area contributed by atoms with E-state index in [1.54, 1.807) is 62.2 Å². The summed E-state index contributed by atoms with van der Waals surface area (Å²) in [7, 11) is 0. The maximum absolute atomic E-state index is 12.9. The fourth-order valence-electron chi connectivity index (χ4n) is 4.37. The van der Waals surface area contributed by atoms with Gasteiger partial charge in [0.2, 0.25) is 0 Å². The molecule has 1 atom stereocenters. The molecule has 0 unspecified atom stereocenters. The minimum atomic E-state index is -0.756. The second-order valence-electron chi connectivity index (χ2n) is 10.3. The van der Waals surface area contributed by atoms with E-state index in [4.69, 9.17) is 16.3 Å². The molecule has 200 valence electrons. The number of pyridine rings is 1. The molecule has 11 nitrogen and oxygen atoms in total. The summed E-state index contributed by atoms with van der Waals surface area (Å²) in [5.41, 5.74) is 7.25. The zero-order valence-corrected chi connectivity index (χ0v) is 22.0. The van der Waals surface area contributed by atoms with E-state index in [0.29, 0.717) is 35.7 Å². The lowest BCUT2D eigenvalue weighted by Gasteiger charge is -2.36. The Labute approximate surface area is 221 Å². The van der Waals surface area contributed by atoms with Gasteiger partial charge in [-0.2, -0.15) is 0 Å². The van der Waals surface area contributed by atoms with E-state index in [1.165, 1.54) is 0 Å². The fraction of sp³-hybridized carbons (Fsp3) is 0.370. The number of likely N-dealkylation sites (tertiary alicyclic amines) is 1. The number of imidazole rings is 1. The van der Waals surface area contributed by atoms with E-state index in [9.17, 15) is 14.4 Å². The van der Waals surface area contributed by atoms with Gasteiger partial charge in [-0.05, 0) is 70.7 Å². The Kier molecular flexibility index (Phi) is 7.38. The summed E-state index contributed by atoms with van der Waals surface area (Å²) in [5.74, 6) is 6.03. The zero-order chi connectivity index (χ0) is 27.6. The number of amides is 3. The molecule has 38 heavy (non-hydrogen) atoms. The molecule has 1 aliphatic rings. The number of aryl methyl sites for hydroxylation is 1. The molecule has 1 aromatic carbocycles. The smallest absolute Gasteiger partial charge is 0.410 e. The Balaban J connectivity index is 1.63. The molecule has 1 saturated heterocycles. The number of nitrogens with one attached hydrogen (secondary N) is 1. The lowest BCUT2D eigenvalue weighted by Crippen LogP contribution is -2.43. The summed E-state index contributed by atoms with van der Waals surface area (Å²) >= 11 is 0. The molecule has 1 fully saturated rings. The number of rotatable bonds is 5. The van der Waals surface area contributed by atoms with Gasteiger partial charge in [-0.1, -0.05) is 18.2 Å². The van der Waals surface area contributed by atoms with E-state index in [0.717, 1.165) is 23.1 Å². The standard InChI is InChI=1S/C27H33N7O4/c1-16-8-13-20(30-15-16)31-25(36)18-11-9-17(10-12-18)21-22(23(28)35)34(29)24(32-21)19-7-5-6-14-33(19)26(37)38-27(2,3)4/h8-13,15,19H,5-7,14,29H2,1-4H3,(H2,28,35)(H,30,31,36)/t19-/m0/s1. The van der Waals surface area contributed by atoms with Crippen molar-refractivity contribution >= 4 is 23.7 Å². The number of aromatic nitrogens is 3. The van der Waals surface area contributed by atoms with Crippen LogP contribution in [0, 0.1) is 6.92 Å². The van der Waals surface area contributed by atoms with Crippen LogP contribution in [-0.4, -0.2) is 49.6 Å². The zero-order valence-electron chi connectivity index (χ0n) is 22.0. The van der Waals surface area contributed by atoms with Crippen LogP contribution in [0.4, 0.5) is 10.6 Å². The lowest BCUT2D eigenvalue weighted by atomic mass is 10.0. The van der Waals surface area contributed by atoms with Crippen LogP contribution in [0.5, 0.6) is 0 Å². The quantitative estimate of drug-likeness (QED) is 0.433. The topological polar surface area (TPSA) is 158 Å². The van der Waals surface area contributed by atoms with Crippen LogP contribution in [0.2, 0.25) is 0 Å². The van der Waals surface area contributed by atoms with E-state index in [-0.39, 0.29) is 17.3 Å². The van der Waals surface area contributed by atoms with Crippen LogP contribution in [0.25, 0.3) is 11.3 Å². The van der Waals surface area contributed by atoms with Crippen LogP contribution in [0.1, 0.15) is 78.3 Å². The first kappa shape index (κ1) is 26.6. The van der Waals surface area contributed by atoms with Crippen LogP contribution in [0.15, 0.2) is 42.6 Å². The Hall–Kier alpha value is -4.41. The minimum Gasteiger partial charge on any atom is -0.444 e. The Morgan fingerprint density at radius 3 is 2.39 bits per heavy atom. The number of carbonyl (C=O) groups is 3. The third kappa shape index (κ3) is 5.77. The molecule has 5 N–H and O–H groups in total. The summed E-state index contributed by atoms with van der Waals surface area (Å²) in [6.45, 7) is 7.80. The average Bonchev–Trinajstić information content (AvgIpc) is 3.21. The number of benzene rings is 1. The van der Waals surface area contributed by atoms with Gasteiger partial charge in [0.1, 0.15) is 17.1 Å². The van der Waals surface area contributed by atoms with Crippen molar-refractivity contribution in [2.45, 2.75) is 58.6 Å². The van der Waals surface area contributed by atoms with E-state index >= 15 is 0 Å². The largest absolute Gasteiger partial charge is 0.444 e. The van der Waals surface area contributed by atoms with Crippen LogP contribution in [-0.2, 0) is 4.74 Å². The summed E-state index contributed by atoms with van der Waals surface area (Å²) in [5, 5.41) is 2.75. The molecule has 0 radical (unpaired) electrons. The highest BCUT2D eigenvalue weighted by atomic mass is 16.6. The van der Waals surface area contributed by atoms with Gasteiger partial charge < -0.3 is 21.6 Å². The van der Waals surface area contributed by atoms with Crippen LogP contribution in [0.3, 0.4) is 0 Å². The van der Waals surface area contributed by atoms with Crippen LogP contribution >= 0.6 is 0 Å². The molecule has 0 bridgehead atoms. The lowest BCUT2D eigenvalue weighted by molar-refractivity contribution is 0.00821. The predicted molar refractivity (Wildman–Crippen MR) is 143 cm³/mol. The molecular weight excluding hydrogens is 486 g/mol. The number of nitrogens with zero attached hydrogens (tertiary/aromatic N) is 4. The summed E-state index contributed by atoms with van der Waals surface area (Å²) in [4.78, 5) is 48.5. The summed E-state index contributed by atoms with van der Waals surface area (Å²) < 4.78 is 6.76. The van der Waals surface area contributed by atoms with Crippen molar-refractivity contribution in [2.75, 3.05) is 17.7 Å². The van der Waals surface area contributed by atoms with Gasteiger partial charge >= 0.3 is 6.09 Å². The molecule has 1 aliphatic heterocycles. The third-order valence-electron chi connectivity index (χ3n) is 6.17. The first-order valence-electron chi connectivity index (χ1n) is 12.5. The highest BCUT2D eigenvalue weighted by molar-refractivity contribution is 6.04. The van der Waals surface area contributed by atoms with Crippen molar-refractivity contribution in [3.63, 3.8) is 0 Å². The minimum absolute atomic E-state index is 0.00997. The monoisotopic (exact) mass is 519 g/mol. The van der Waals surface area contributed by atoms with Gasteiger partial charge in [0, 0.05) is 23.9 Å². The predicted octanol–water partition coefficient (Wildman–Crippen LogP) is 3.78. The normalized spacial score (nSPS) is 15.7. The first-order chi connectivity index (χ1) is 17.9. The Bertz CT molecular complexity index is 1340. The number of ether oxygens (including phenoxy) is 1. The van der Waals surface area contributed by atoms with Gasteiger partial charge in [0.05, 0.1) is 6.04 Å². The molecule has 2 aromatic heterocycles. The number of carbonyl (C=O) groups excluding carboxylic acids is 3. The third-order valence-corrected chi connectivity index (χ3v) is 6.17. The fourth-order valence-corrected chi connectivity index (χ4v) is 4.37. The number of hydrogen-bond donors (Lipinski definition) is 3. The molecule has 11 heteroatoms. The molecule has 0 aliphatic carbocycles. The van der Waals surface area contributed by atoms with Gasteiger partial charge in [0.25, 0.3) is 11.8 Å². The SMILES string of the molecule is Cc1ccc(NC(=O)c2ccc(-c3nc([C@@H]4CCCCN4C(=O)OC(C)(C)C)n(N)c3C(N)=O)cc2)nc1. The van der Waals surface area contributed by atoms with Gasteiger partial charge in [-0.15, -0.1) is 0 Å². The number of piperidine rings is 1. The van der Waals surface area contributed by atoms with Gasteiger partial charge in [-0.25, -0.2) is 19.4 Å². The summed E-state index contributed by atoms with van der Waals surface area (Å²) in [6.07, 6.45) is 3.49. The second kappa shape index (κ2) is 10.5. The number of hydrogen-bond acceptors (Lipinski definition) is 7. The summed E-state index contributed by atoms with van der Waals surface area (Å²) in [6, 6.07) is 9.67. The van der Waals surface area contributed by atoms with E-state index in [1.807, 2.05) is 13.0 Å². The number of anilines is 1. The molecular formula is C27H33N7O4. The van der Waals surface area contributed by atoms with Crippen molar-refractivity contribution in [1.29, 1.82) is 0 Å². The molecule has 0 saturated carbocycles. The number of nitrogen functional groups attached to an aromatic ring is 1. The molecule has 3 heterocycles. The second-order valence-corrected chi connectivity index (χ2v) is 10.3. The molecule has 0 spiro atoms. The van der Waals surface area contributed by atoms with E-state index < -0.39 is 23.6 Å². The van der Waals surface area contributed by atoms with Gasteiger partial charge in [0.15, 0.2) is 11.5 Å². The van der Waals surface area contributed by atoms with E-state index in [2.05, 4.69) is 15.3 Å². The molecule has 4 rings (SSSR count). The van der Waals surface area contributed by atoms with Crippen molar-refractivity contribution in [1.82, 2.24) is 19.5 Å². The Morgan fingerprint density at radius 2 is 1.79 bits per heavy atom. The van der Waals surface area contributed by atoms with Crippen molar-refractivity contribution in [2.24, 2.45) is 5.73 Å². The highest BCUT2D eigenvalue weighted by Gasteiger charge is 2.36. The molecule has 3 amide bonds. The van der Waals surface area contributed by atoms with Crippen molar-refractivity contribution in [3.05, 3.63) is 65.2 Å². The van der Waals surface area contributed by atoms with Crippen LogP contribution < -0.4 is 16.9 Å². The van der Waals surface area contributed by atoms with Crippen molar-refractivity contribution < 1.29 is 19.1 Å². The molecule has 3 aromatic rings. The first-order valence-corrected chi connectivity index (χ1v) is 12.5. The number of nitrogens with two attached hydrogens (primary N) is 2. The maximum Gasteiger partial charge on any atom is 0.410 e. The Morgan fingerprint density at radius 1 is 1.08 bits per heavy atom. The highest BCUT2D eigenvalue weighted by Crippen LogP contribution is 2.34. The van der Waals surface area contributed by atoms with Crippen molar-refractivity contribution in [3.8, 4) is 11.3 Å². The number of primary amides is 1.